The molecule has 0 aliphatic carbocycles. The van der Waals surface area contributed by atoms with Gasteiger partial charge < -0.3 is 10.3 Å². The van der Waals surface area contributed by atoms with E-state index in [9.17, 15) is 14.0 Å². The summed E-state index contributed by atoms with van der Waals surface area (Å²) >= 11 is 0. The molecule has 0 radical (unpaired) electrons. The molecule has 0 aliphatic heterocycles. The Morgan fingerprint density at radius 3 is 2.75 bits per heavy atom. The Balaban J connectivity index is 1.51. The first-order chi connectivity index (χ1) is 13.5. The number of fused-ring (bicyclic) bond motifs is 3. The van der Waals surface area contributed by atoms with Crippen molar-refractivity contribution in [1.29, 1.82) is 0 Å². The highest BCUT2D eigenvalue weighted by molar-refractivity contribution is 6.04. The molecule has 0 atom stereocenters. The van der Waals surface area contributed by atoms with Crippen LogP contribution in [0.1, 0.15) is 18.9 Å². The zero-order valence-corrected chi connectivity index (χ0v) is 15.3. The fraction of sp³-hybridized carbons (Fsp3) is 0.190. The molecule has 28 heavy (non-hydrogen) atoms. The van der Waals surface area contributed by atoms with Crippen LogP contribution in [-0.4, -0.2) is 20.4 Å². The van der Waals surface area contributed by atoms with Crippen LogP contribution in [0.15, 0.2) is 53.6 Å². The Kier molecular flexibility index (Phi) is 4.65. The Morgan fingerprint density at radius 2 is 2.00 bits per heavy atom. The van der Waals surface area contributed by atoms with E-state index in [1.54, 1.807) is 6.07 Å². The van der Waals surface area contributed by atoms with Crippen LogP contribution in [0.2, 0.25) is 0 Å². The van der Waals surface area contributed by atoms with Crippen molar-refractivity contribution in [2.75, 3.05) is 5.32 Å². The quantitative estimate of drug-likeness (QED) is 0.557. The van der Waals surface area contributed by atoms with Gasteiger partial charge in [-0.2, -0.15) is 0 Å². The first-order valence-electron chi connectivity index (χ1n) is 9.10. The van der Waals surface area contributed by atoms with Crippen molar-refractivity contribution >= 4 is 33.5 Å². The van der Waals surface area contributed by atoms with Gasteiger partial charge >= 0.3 is 0 Å². The second-order valence-electron chi connectivity index (χ2n) is 6.63. The van der Waals surface area contributed by atoms with Gasteiger partial charge in [-0.05, 0) is 42.3 Å². The van der Waals surface area contributed by atoms with Gasteiger partial charge in [0.2, 0.25) is 5.91 Å². The molecule has 2 aromatic carbocycles. The highest BCUT2D eigenvalue weighted by Crippen LogP contribution is 2.22. The molecule has 2 aromatic heterocycles. The molecule has 0 aliphatic rings. The normalized spacial score (nSPS) is 11.2. The summed E-state index contributed by atoms with van der Waals surface area (Å²) in [7, 11) is 0. The zero-order chi connectivity index (χ0) is 19.7. The van der Waals surface area contributed by atoms with Gasteiger partial charge in [-0.1, -0.05) is 19.1 Å². The maximum atomic E-state index is 13.5. The number of aryl methyl sites for hydroxylation is 2. The predicted octanol–water partition coefficient (Wildman–Crippen LogP) is 3.61. The second-order valence-corrected chi connectivity index (χ2v) is 6.63. The fourth-order valence-electron chi connectivity index (χ4n) is 3.19. The van der Waals surface area contributed by atoms with Crippen molar-refractivity contribution in [3.8, 4) is 0 Å². The minimum absolute atomic E-state index is 0.136. The molecule has 6 nitrogen and oxygen atoms in total. The molecule has 0 saturated heterocycles. The molecule has 0 bridgehead atoms. The molecule has 4 aromatic rings. The third kappa shape index (κ3) is 3.38. The molecule has 7 heteroatoms. The van der Waals surface area contributed by atoms with Gasteiger partial charge in [0.05, 0.1) is 6.33 Å². The maximum Gasteiger partial charge on any atom is 0.277 e. The van der Waals surface area contributed by atoms with Gasteiger partial charge in [-0.15, -0.1) is 0 Å². The third-order valence-corrected chi connectivity index (χ3v) is 4.76. The Morgan fingerprint density at radius 1 is 1.21 bits per heavy atom. The summed E-state index contributed by atoms with van der Waals surface area (Å²) < 4.78 is 14.9. The van der Waals surface area contributed by atoms with Gasteiger partial charge in [-0.25, -0.2) is 9.37 Å². The number of carbonyl (C=O) groups is 1. The van der Waals surface area contributed by atoms with Crippen LogP contribution in [0.4, 0.5) is 10.1 Å². The second kappa shape index (κ2) is 7.26. The summed E-state index contributed by atoms with van der Waals surface area (Å²) in [6.07, 6.45) is 2.47. The molecule has 0 unspecified atom stereocenters. The van der Waals surface area contributed by atoms with Crippen LogP contribution in [0, 0.1) is 5.82 Å². The van der Waals surface area contributed by atoms with E-state index in [4.69, 9.17) is 0 Å². The Hall–Kier alpha value is -3.48. The molecule has 0 spiro atoms. The first-order valence-corrected chi connectivity index (χ1v) is 9.10. The summed E-state index contributed by atoms with van der Waals surface area (Å²) in [6, 6.07) is 11.9. The lowest BCUT2D eigenvalue weighted by atomic mass is 10.1. The van der Waals surface area contributed by atoms with E-state index >= 15 is 0 Å². The maximum absolute atomic E-state index is 13.5. The number of anilines is 1. The summed E-state index contributed by atoms with van der Waals surface area (Å²) in [6.45, 7) is 2.27. The molecule has 142 valence electrons. The monoisotopic (exact) mass is 378 g/mol. The minimum Gasteiger partial charge on any atom is -0.349 e. The van der Waals surface area contributed by atoms with Crippen molar-refractivity contribution < 1.29 is 9.18 Å². The number of amides is 1. The summed E-state index contributed by atoms with van der Waals surface area (Å²) in [5.74, 6) is -0.571. The lowest BCUT2D eigenvalue weighted by Crippen LogP contribution is -2.23. The smallest absolute Gasteiger partial charge is 0.277 e. The Bertz CT molecular complexity index is 1230. The van der Waals surface area contributed by atoms with Crippen molar-refractivity contribution in [3.05, 3.63) is 70.5 Å². The van der Waals surface area contributed by atoms with E-state index in [-0.39, 0.29) is 30.2 Å². The van der Waals surface area contributed by atoms with Crippen LogP contribution in [0.25, 0.3) is 21.9 Å². The van der Waals surface area contributed by atoms with E-state index in [2.05, 4.69) is 22.2 Å². The van der Waals surface area contributed by atoms with Gasteiger partial charge in [0.25, 0.3) is 5.56 Å². The number of halogens is 1. The van der Waals surface area contributed by atoms with Crippen molar-refractivity contribution in [2.45, 2.75) is 26.3 Å². The van der Waals surface area contributed by atoms with Crippen LogP contribution in [-0.2, 0) is 17.8 Å². The summed E-state index contributed by atoms with van der Waals surface area (Å²) in [5, 5.41) is 3.39. The van der Waals surface area contributed by atoms with Crippen LogP contribution in [0.3, 0.4) is 0 Å². The number of carbonyl (C=O) groups excluding carboxylic acids is 1. The molecule has 0 fully saturated rings. The van der Waals surface area contributed by atoms with E-state index < -0.39 is 0 Å². The molecule has 4 rings (SSSR count). The average molecular weight is 378 g/mol. The van der Waals surface area contributed by atoms with E-state index in [0.29, 0.717) is 21.9 Å². The van der Waals surface area contributed by atoms with E-state index in [1.165, 1.54) is 28.6 Å². The number of rotatable bonds is 5. The van der Waals surface area contributed by atoms with Gasteiger partial charge in [0.15, 0.2) is 0 Å². The number of nitrogens with zero attached hydrogens (tertiary/aromatic N) is 2. The number of hydrogen-bond donors (Lipinski definition) is 2. The fourth-order valence-corrected chi connectivity index (χ4v) is 3.19. The number of aromatic amines is 1. The van der Waals surface area contributed by atoms with Gasteiger partial charge in [0, 0.05) is 29.6 Å². The molecular weight excluding hydrogens is 359 g/mol. The van der Waals surface area contributed by atoms with Crippen molar-refractivity contribution in [3.63, 3.8) is 0 Å². The largest absolute Gasteiger partial charge is 0.349 e. The van der Waals surface area contributed by atoms with Crippen LogP contribution in [0.5, 0.6) is 0 Å². The third-order valence-electron chi connectivity index (χ3n) is 4.76. The topological polar surface area (TPSA) is 79.8 Å². The standard InChI is InChI=1S/C21H19FN4O2/c1-2-13-3-6-15(7-4-13)24-18(27)9-10-26-12-23-19-16-11-14(22)5-8-17(16)25-20(19)21(26)28/h3-8,11-12,25H,2,9-10H2,1H3,(H,24,27). The lowest BCUT2D eigenvalue weighted by molar-refractivity contribution is -0.116. The first kappa shape index (κ1) is 17.9. The van der Waals surface area contributed by atoms with Crippen molar-refractivity contribution in [2.24, 2.45) is 0 Å². The molecular formula is C21H19FN4O2. The zero-order valence-electron chi connectivity index (χ0n) is 15.3. The van der Waals surface area contributed by atoms with Crippen LogP contribution < -0.4 is 10.9 Å². The molecule has 0 saturated carbocycles. The van der Waals surface area contributed by atoms with Crippen molar-refractivity contribution in [1.82, 2.24) is 14.5 Å². The highest BCUT2D eigenvalue weighted by Gasteiger charge is 2.12. The number of H-pyrrole nitrogens is 1. The average Bonchev–Trinajstić information content (AvgIpc) is 3.07. The number of hydrogen-bond acceptors (Lipinski definition) is 3. The lowest BCUT2D eigenvalue weighted by Gasteiger charge is -2.07. The number of aromatic nitrogens is 3. The predicted molar refractivity (Wildman–Crippen MR) is 107 cm³/mol. The number of benzene rings is 2. The number of nitrogens with one attached hydrogen (secondary N) is 2. The van der Waals surface area contributed by atoms with E-state index in [1.807, 2.05) is 24.3 Å². The highest BCUT2D eigenvalue weighted by atomic mass is 19.1. The minimum atomic E-state index is -0.386. The Labute approximate surface area is 160 Å². The summed E-state index contributed by atoms with van der Waals surface area (Å²) in [4.78, 5) is 32.2. The SMILES string of the molecule is CCc1ccc(NC(=O)CCn2cnc3c([nH]c4ccc(F)cc43)c2=O)cc1. The van der Waals surface area contributed by atoms with Gasteiger partial charge in [-0.3, -0.25) is 14.2 Å². The van der Waals surface area contributed by atoms with E-state index in [0.717, 1.165) is 12.1 Å². The summed E-state index contributed by atoms with van der Waals surface area (Å²) in [5.41, 5.74) is 3.01. The molecule has 2 heterocycles. The van der Waals surface area contributed by atoms with Crippen LogP contribution >= 0.6 is 0 Å². The molecule has 1 amide bonds. The molecule has 2 N–H and O–H groups in total. The van der Waals surface area contributed by atoms with Gasteiger partial charge in [0.1, 0.15) is 16.9 Å².